The van der Waals surface area contributed by atoms with Gasteiger partial charge in [0.2, 0.25) is 15.9 Å². The Labute approximate surface area is 207 Å². The molecule has 1 saturated heterocycles. The third-order valence-corrected chi connectivity index (χ3v) is 10.2. The van der Waals surface area contributed by atoms with Crippen molar-refractivity contribution in [3.8, 4) is 0 Å². The van der Waals surface area contributed by atoms with E-state index in [-0.39, 0.29) is 16.6 Å². The quantitative estimate of drug-likeness (QED) is 0.393. The van der Waals surface area contributed by atoms with Crippen LogP contribution in [0, 0.1) is 5.92 Å². The van der Waals surface area contributed by atoms with Gasteiger partial charge in [-0.3, -0.25) is 4.79 Å². The van der Waals surface area contributed by atoms with Gasteiger partial charge in [0.25, 0.3) is 0 Å². The third kappa shape index (κ3) is 4.85. The molecular weight excluding hydrogens is 492 g/mol. The van der Waals surface area contributed by atoms with Gasteiger partial charge in [-0.15, -0.1) is 11.3 Å². The molecule has 2 aliphatic rings. The number of aromatic nitrogens is 2. The van der Waals surface area contributed by atoms with E-state index < -0.39 is 10.0 Å². The second-order valence-corrected chi connectivity index (χ2v) is 12.6. The molecule has 1 N–H and O–H groups in total. The number of thioether (sulfide) groups is 1. The van der Waals surface area contributed by atoms with E-state index in [1.807, 2.05) is 0 Å². The molecule has 8 nitrogen and oxygen atoms in total. The zero-order valence-corrected chi connectivity index (χ0v) is 21.3. The maximum absolute atomic E-state index is 12.8. The minimum atomic E-state index is -3.56. The molecule has 1 atom stereocenters. The fourth-order valence-electron chi connectivity index (χ4n) is 4.33. The molecule has 1 aliphatic heterocycles. The molecule has 3 aromatic rings. The van der Waals surface area contributed by atoms with Gasteiger partial charge in [-0.2, -0.15) is 4.31 Å². The van der Waals surface area contributed by atoms with E-state index >= 15 is 0 Å². The smallest absolute Gasteiger partial charge is 0.243 e. The Balaban J connectivity index is 1.24. The number of nitrogens with one attached hydrogen (secondary N) is 1. The van der Waals surface area contributed by atoms with E-state index in [2.05, 4.69) is 22.2 Å². The number of amides is 1. The van der Waals surface area contributed by atoms with Crippen molar-refractivity contribution in [3.05, 3.63) is 41.0 Å². The molecule has 2 aromatic heterocycles. The Morgan fingerprint density at radius 2 is 2.00 bits per heavy atom. The van der Waals surface area contributed by atoms with Gasteiger partial charge < -0.3 is 10.1 Å². The lowest BCUT2D eigenvalue weighted by atomic mass is 9.89. The summed E-state index contributed by atoms with van der Waals surface area (Å²) in [6.07, 6.45) is 4.85. The first kappa shape index (κ1) is 23.7. The largest absolute Gasteiger partial charge is 0.379 e. The second kappa shape index (κ2) is 9.90. The highest BCUT2D eigenvalue weighted by Crippen LogP contribution is 2.40. The van der Waals surface area contributed by atoms with Crippen LogP contribution in [0.4, 0.5) is 5.69 Å². The Kier molecular flexibility index (Phi) is 6.90. The number of aryl methyl sites for hydroxylation is 1. The summed E-state index contributed by atoms with van der Waals surface area (Å²) in [4.78, 5) is 24.1. The summed E-state index contributed by atoms with van der Waals surface area (Å²) in [6.45, 7) is 3.78. The first-order chi connectivity index (χ1) is 16.4. The van der Waals surface area contributed by atoms with Crippen molar-refractivity contribution in [2.24, 2.45) is 5.92 Å². The number of hydrogen-bond donors (Lipinski definition) is 1. The lowest BCUT2D eigenvalue weighted by Gasteiger charge is -2.26. The molecule has 5 rings (SSSR count). The first-order valence-corrected chi connectivity index (χ1v) is 14.5. The minimum Gasteiger partial charge on any atom is -0.379 e. The normalized spacial score (nSPS) is 19.1. The third-order valence-electron chi connectivity index (χ3n) is 6.14. The van der Waals surface area contributed by atoms with Gasteiger partial charge in [-0.25, -0.2) is 18.4 Å². The lowest BCUT2D eigenvalue weighted by Crippen LogP contribution is -2.40. The molecule has 11 heteroatoms. The molecule has 1 aliphatic carbocycles. The monoisotopic (exact) mass is 518 g/mol. The number of morpholine rings is 1. The van der Waals surface area contributed by atoms with E-state index in [0.29, 0.717) is 37.9 Å². The summed E-state index contributed by atoms with van der Waals surface area (Å²) in [7, 11) is -3.56. The number of nitrogens with zero attached hydrogens (tertiary/aromatic N) is 3. The van der Waals surface area contributed by atoms with Crippen LogP contribution in [0.5, 0.6) is 0 Å². The number of benzene rings is 1. The molecular formula is C23H26N4O4S3. The average Bonchev–Trinajstić information content (AvgIpc) is 3.21. The summed E-state index contributed by atoms with van der Waals surface area (Å²) in [5, 5.41) is 4.80. The average molecular weight is 519 g/mol. The van der Waals surface area contributed by atoms with Gasteiger partial charge >= 0.3 is 0 Å². The van der Waals surface area contributed by atoms with Crippen molar-refractivity contribution >= 4 is 54.9 Å². The highest BCUT2D eigenvalue weighted by atomic mass is 32.2. The number of carbonyl (C=O) groups excluding carboxylic acids is 1. The van der Waals surface area contributed by atoms with Crippen LogP contribution in [0.25, 0.3) is 10.2 Å². The highest BCUT2D eigenvalue weighted by Gasteiger charge is 2.26. The summed E-state index contributed by atoms with van der Waals surface area (Å²) in [5.74, 6) is 0.727. The highest BCUT2D eigenvalue weighted by molar-refractivity contribution is 8.00. The summed E-state index contributed by atoms with van der Waals surface area (Å²) in [6, 6.07) is 6.30. The van der Waals surface area contributed by atoms with Crippen molar-refractivity contribution in [3.63, 3.8) is 0 Å². The number of sulfonamides is 1. The molecule has 1 aromatic carbocycles. The van der Waals surface area contributed by atoms with E-state index in [4.69, 9.17) is 4.74 Å². The Bertz CT molecular complexity index is 1300. The van der Waals surface area contributed by atoms with Crippen molar-refractivity contribution in [2.45, 2.75) is 36.1 Å². The van der Waals surface area contributed by atoms with Crippen LogP contribution in [0.15, 0.2) is 40.5 Å². The standard InChI is InChI=1S/C23H26N4O4S3/c1-15-2-7-18-19(12-15)33-23-21(18)22(24-14-25-23)32-13-20(28)26-16-3-5-17(6-4-16)34(29,30)27-8-10-31-11-9-27/h3-6,14-15H,2,7-13H2,1H3,(H,26,28). The molecule has 0 spiro atoms. The van der Waals surface area contributed by atoms with Crippen molar-refractivity contribution in [2.75, 3.05) is 37.4 Å². The zero-order valence-electron chi connectivity index (χ0n) is 18.8. The van der Waals surface area contributed by atoms with Crippen molar-refractivity contribution in [1.82, 2.24) is 14.3 Å². The van der Waals surface area contributed by atoms with Crippen LogP contribution >= 0.6 is 23.1 Å². The molecule has 1 fully saturated rings. The second-order valence-electron chi connectivity index (χ2n) is 8.59. The lowest BCUT2D eigenvalue weighted by molar-refractivity contribution is -0.113. The summed E-state index contributed by atoms with van der Waals surface area (Å²) in [5.41, 5.74) is 1.90. The summed E-state index contributed by atoms with van der Waals surface area (Å²) < 4.78 is 32.2. The zero-order chi connectivity index (χ0) is 23.7. The van der Waals surface area contributed by atoms with Gasteiger partial charge in [0.15, 0.2) is 0 Å². The molecule has 0 radical (unpaired) electrons. The Morgan fingerprint density at radius 1 is 1.24 bits per heavy atom. The Hall–Kier alpha value is -2.05. The fraction of sp³-hybridized carbons (Fsp3) is 0.435. The van der Waals surface area contributed by atoms with Crippen molar-refractivity contribution in [1.29, 1.82) is 0 Å². The Morgan fingerprint density at radius 3 is 2.76 bits per heavy atom. The molecule has 1 unspecified atom stereocenters. The van der Waals surface area contributed by atoms with Gasteiger partial charge in [-0.05, 0) is 55.0 Å². The van der Waals surface area contributed by atoms with E-state index in [9.17, 15) is 13.2 Å². The maximum Gasteiger partial charge on any atom is 0.243 e. The van der Waals surface area contributed by atoms with E-state index in [1.54, 1.807) is 29.8 Å². The van der Waals surface area contributed by atoms with Gasteiger partial charge in [0, 0.05) is 29.0 Å². The molecule has 0 saturated carbocycles. The van der Waals surface area contributed by atoms with Crippen LogP contribution in [0.2, 0.25) is 0 Å². The molecule has 3 heterocycles. The number of carbonyl (C=O) groups is 1. The van der Waals surface area contributed by atoms with E-state index in [1.165, 1.54) is 38.6 Å². The molecule has 180 valence electrons. The number of anilines is 1. The van der Waals surface area contributed by atoms with Crippen molar-refractivity contribution < 1.29 is 17.9 Å². The SMILES string of the molecule is CC1CCc2c(sc3ncnc(SCC(=O)Nc4ccc(S(=O)(=O)N5CCOCC5)cc4)c23)C1. The topological polar surface area (TPSA) is 101 Å². The predicted molar refractivity (Wildman–Crippen MR) is 134 cm³/mol. The maximum atomic E-state index is 12.8. The molecule has 34 heavy (non-hydrogen) atoms. The number of rotatable bonds is 6. The number of thiophene rings is 1. The number of hydrogen-bond acceptors (Lipinski definition) is 8. The van der Waals surface area contributed by atoms with Crippen LogP contribution in [0.1, 0.15) is 23.8 Å². The van der Waals surface area contributed by atoms with Gasteiger partial charge in [-0.1, -0.05) is 18.7 Å². The number of fused-ring (bicyclic) bond motifs is 3. The predicted octanol–water partition coefficient (Wildman–Crippen LogP) is 3.57. The van der Waals surface area contributed by atoms with Crippen LogP contribution in [-0.2, 0) is 32.4 Å². The van der Waals surface area contributed by atoms with Crippen LogP contribution in [0.3, 0.4) is 0 Å². The molecule has 0 bridgehead atoms. The van der Waals surface area contributed by atoms with E-state index in [0.717, 1.165) is 34.5 Å². The van der Waals surface area contributed by atoms with Crippen LogP contribution in [-0.4, -0.2) is 60.7 Å². The first-order valence-electron chi connectivity index (χ1n) is 11.3. The van der Waals surface area contributed by atoms with Crippen LogP contribution < -0.4 is 5.32 Å². The van der Waals surface area contributed by atoms with Gasteiger partial charge in [0.1, 0.15) is 16.2 Å². The minimum absolute atomic E-state index is 0.168. The number of ether oxygens (including phenoxy) is 1. The molecule has 1 amide bonds. The van der Waals surface area contributed by atoms with Gasteiger partial charge in [0.05, 0.1) is 23.9 Å². The fourth-order valence-corrected chi connectivity index (χ4v) is 7.98. The summed E-state index contributed by atoms with van der Waals surface area (Å²) >= 11 is 3.15.